The first-order chi connectivity index (χ1) is 11.3. The van der Waals surface area contributed by atoms with Crippen LogP contribution in [0.25, 0.3) is 33.3 Å². The molecule has 0 fully saturated rings. The smallest absolute Gasteiger partial charge is 0.124 e. The second-order valence-electron chi connectivity index (χ2n) is 5.21. The van der Waals surface area contributed by atoms with Crippen LogP contribution in [0.4, 0.5) is 0 Å². The first kappa shape index (κ1) is 13.3. The molecule has 5 nitrogen and oxygen atoms in total. The summed E-state index contributed by atoms with van der Waals surface area (Å²) in [7, 11) is 0. The number of aromatic nitrogens is 3. The summed E-state index contributed by atoms with van der Waals surface area (Å²) < 4.78 is 0. The summed E-state index contributed by atoms with van der Waals surface area (Å²) in [5.41, 5.74) is 4.15. The first-order valence-corrected chi connectivity index (χ1v) is 7.16. The zero-order valence-corrected chi connectivity index (χ0v) is 12.1. The van der Waals surface area contributed by atoms with Crippen LogP contribution in [0, 0.1) is 0 Å². The molecule has 112 valence electrons. The Bertz CT molecular complexity index is 1010. The number of hydrogen-bond acceptors (Lipinski definition) is 4. The topological polar surface area (TPSA) is 82.0 Å². The highest BCUT2D eigenvalue weighted by atomic mass is 16.3. The molecule has 5 heteroatoms. The summed E-state index contributed by atoms with van der Waals surface area (Å²) in [6.07, 6.45) is 0. The summed E-state index contributed by atoms with van der Waals surface area (Å²) in [5.74, 6) is 0.285. The van der Waals surface area contributed by atoms with Crippen LogP contribution < -0.4 is 0 Å². The second-order valence-corrected chi connectivity index (χ2v) is 5.21. The van der Waals surface area contributed by atoms with E-state index in [1.165, 1.54) is 0 Å². The van der Waals surface area contributed by atoms with Crippen molar-refractivity contribution in [1.29, 1.82) is 0 Å². The number of rotatable bonds is 2. The van der Waals surface area contributed by atoms with Gasteiger partial charge in [0.2, 0.25) is 0 Å². The lowest BCUT2D eigenvalue weighted by Gasteiger charge is -2.13. The van der Waals surface area contributed by atoms with Gasteiger partial charge in [0.25, 0.3) is 0 Å². The maximum atomic E-state index is 10.5. The minimum Gasteiger partial charge on any atom is -0.507 e. The molecular formula is C18H13N3O2. The SMILES string of the molecule is Oc1ccccc1-c1cccc(O)c1-c1cccc2n[nH]nc12. The van der Waals surface area contributed by atoms with Crippen molar-refractivity contribution in [1.82, 2.24) is 15.4 Å². The van der Waals surface area contributed by atoms with E-state index in [-0.39, 0.29) is 11.5 Å². The van der Waals surface area contributed by atoms with Gasteiger partial charge in [-0.05, 0) is 23.8 Å². The number of H-pyrrole nitrogens is 1. The minimum absolute atomic E-state index is 0.126. The Hall–Kier alpha value is -3.34. The van der Waals surface area contributed by atoms with Crippen molar-refractivity contribution in [2.45, 2.75) is 0 Å². The molecule has 0 atom stereocenters. The van der Waals surface area contributed by atoms with Crippen LogP contribution in [-0.2, 0) is 0 Å². The van der Waals surface area contributed by atoms with Gasteiger partial charge in [-0.15, -0.1) is 0 Å². The van der Waals surface area contributed by atoms with Crippen LogP contribution >= 0.6 is 0 Å². The molecule has 0 radical (unpaired) electrons. The van der Waals surface area contributed by atoms with Gasteiger partial charge in [0.05, 0.1) is 0 Å². The van der Waals surface area contributed by atoms with Crippen LogP contribution in [0.3, 0.4) is 0 Å². The number of para-hydroxylation sites is 2. The predicted octanol–water partition coefficient (Wildman–Crippen LogP) is 3.70. The molecule has 0 spiro atoms. The van der Waals surface area contributed by atoms with Gasteiger partial charge in [0.15, 0.2) is 0 Å². The Balaban J connectivity index is 2.07. The van der Waals surface area contributed by atoms with Crippen molar-refractivity contribution in [3.63, 3.8) is 0 Å². The lowest BCUT2D eigenvalue weighted by molar-refractivity contribution is 0.475. The highest BCUT2D eigenvalue weighted by Crippen LogP contribution is 2.43. The van der Waals surface area contributed by atoms with Gasteiger partial charge in [-0.2, -0.15) is 15.4 Å². The molecule has 0 aliphatic carbocycles. The molecule has 3 N–H and O–H groups in total. The molecular weight excluding hydrogens is 290 g/mol. The third-order valence-electron chi connectivity index (χ3n) is 3.85. The third-order valence-corrected chi connectivity index (χ3v) is 3.85. The maximum Gasteiger partial charge on any atom is 0.124 e. The number of aromatic amines is 1. The minimum atomic E-state index is 0.126. The Kier molecular flexibility index (Phi) is 2.98. The Morgan fingerprint density at radius 3 is 2.22 bits per heavy atom. The van der Waals surface area contributed by atoms with E-state index in [2.05, 4.69) is 15.4 Å². The van der Waals surface area contributed by atoms with E-state index >= 15 is 0 Å². The van der Waals surface area contributed by atoms with Crippen molar-refractivity contribution in [2.24, 2.45) is 0 Å². The molecule has 4 aromatic rings. The highest BCUT2D eigenvalue weighted by molar-refractivity contribution is 5.99. The normalized spacial score (nSPS) is 11.0. The van der Waals surface area contributed by atoms with Crippen molar-refractivity contribution in [3.05, 3.63) is 60.7 Å². The lowest BCUT2D eigenvalue weighted by Crippen LogP contribution is -1.88. The van der Waals surface area contributed by atoms with Gasteiger partial charge in [-0.3, -0.25) is 0 Å². The van der Waals surface area contributed by atoms with Crippen molar-refractivity contribution in [2.75, 3.05) is 0 Å². The van der Waals surface area contributed by atoms with Gasteiger partial charge in [-0.1, -0.05) is 42.5 Å². The van der Waals surface area contributed by atoms with Gasteiger partial charge in [-0.25, -0.2) is 0 Å². The van der Waals surface area contributed by atoms with Gasteiger partial charge in [0, 0.05) is 16.7 Å². The number of fused-ring (bicyclic) bond motifs is 1. The van der Waals surface area contributed by atoms with Crippen molar-refractivity contribution >= 4 is 11.0 Å². The van der Waals surface area contributed by atoms with Crippen LogP contribution in [-0.4, -0.2) is 25.6 Å². The van der Waals surface area contributed by atoms with Gasteiger partial charge >= 0.3 is 0 Å². The monoisotopic (exact) mass is 303 g/mol. The van der Waals surface area contributed by atoms with Gasteiger partial charge in [0.1, 0.15) is 22.5 Å². The number of aromatic hydroxyl groups is 2. The maximum absolute atomic E-state index is 10.5. The number of benzene rings is 3. The molecule has 4 rings (SSSR count). The van der Waals surface area contributed by atoms with E-state index in [1.54, 1.807) is 24.3 Å². The van der Waals surface area contributed by atoms with Gasteiger partial charge < -0.3 is 10.2 Å². The Morgan fingerprint density at radius 2 is 1.35 bits per heavy atom. The van der Waals surface area contributed by atoms with Crippen molar-refractivity contribution < 1.29 is 10.2 Å². The zero-order valence-electron chi connectivity index (χ0n) is 12.1. The van der Waals surface area contributed by atoms with Crippen LogP contribution in [0.2, 0.25) is 0 Å². The lowest BCUT2D eigenvalue weighted by atomic mass is 9.92. The second kappa shape index (κ2) is 5.14. The fourth-order valence-corrected chi connectivity index (χ4v) is 2.82. The van der Waals surface area contributed by atoms with E-state index in [0.717, 1.165) is 11.1 Å². The van der Waals surface area contributed by atoms with Crippen LogP contribution in [0.15, 0.2) is 60.7 Å². The summed E-state index contributed by atoms with van der Waals surface area (Å²) in [5, 5.41) is 31.5. The number of nitrogens with one attached hydrogen (secondary N) is 1. The Morgan fingerprint density at radius 1 is 0.652 bits per heavy atom. The highest BCUT2D eigenvalue weighted by Gasteiger charge is 2.17. The third kappa shape index (κ3) is 2.10. The quantitative estimate of drug-likeness (QED) is 0.527. The summed E-state index contributed by atoms with van der Waals surface area (Å²) in [6, 6.07) is 17.9. The standard InChI is InChI=1S/C18H13N3O2/c22-15-9-2-1-5-11(15)12-6-4-10-16(23)17(12)13-7-3-8-14-18(13)20-21-19-14/h1-10,22-23H,(H,19,20,21). The largest absolute Gasteiger partial charge is 0.507 e. The molecule has 0 aliphatic rings. The molecule has 0 aliphatic heterocycles. The molecule has 0 saturated heterocycles. The number of phenolic OH excluding ortho intramolecular Hbond substituents is 2. The summed E-state index contributed by atoms with van der Waals surface area (Å²) in [4.78, 5) is 0. The Labute approximate surface area is 131 Å². The molecule has 0 amide bonds. The van der Waals surface area contributed by atoms with Crippen LogP contribution in [0.1, 0.15) is 0 Å². The van der Waals surface area contributed by atoms with E-state index in [0.29, 0.717) is 22.2 Å². The van der Waals surface area contributed by atoms with E-state index in [1.807, 2.05) is 36.4 Å². The first-order valence-electron chi connectivity index (χ1n) is 7.16. The molecule has 0 bridgehead atoms. The molecule has 0 unspecified atom stereocenters. The van der Waals surface area contributed by atoms with E-state index in [4.69, 9.17) is 0 Å². The molecule has 3 aromatic carbocycles. The fraction of sp³-hybridized carbons (Fsp3) is 0. The summed E-state index contributed by atoms with van der Waals surface area (Å²) in [6.45, 7) is 0. The molecule has 23 heavy (non-hydrogen) atoms. The number of phenols is 2. The molecule has 0 saturated carbocycles. The van der Waals surface area contributed by atoms with Crippen LogP contribution in [0.5, 0.6) is 11.5 Å². The molecule has 1 aromatic heterocycles. The number of hydrogen-bond donors (Lipinski definition) is 3. The van der Waals surface area contributed by atoms with E-state index in [9.17, 15) is 10.2 Å². The van der Waals surface area contributed by atoms with Crippen molar-refractivity contribution in [3.8, 4) is 33.8 Å². The summed E-state index contributed by atoms with van der Waals surface area (Å²) >= 11 is 0. The van der Waals surface area contributed by atoms with E-state index < -0.39 is 0 Å². The average Bonchev–Trinajstić information content (AvgIpc) is 3.04. The fourth-order valence-electron chi connectivity index (χ4n) is 2.82. The number of nitrogens with zero attached hydrogens (tertiary/aromatic N) is 2. The zero-order chi connectivity index (χ0) is 15.8. The average molecular weight is 303 g/mol. The predicted molar refractivity (Wildman–Crippen MR) is 88.1 cm³/mol. The molecule has 1 heterocycles.